The van der Waals surface area contributed by atoms with Crippen LogP contribution in [-0.4, -0.2) is 55.0 Å². The zero-order chi connectivity index (χ0) is 28.6. The van der Waals surface area contributed by atoms with Crippen molar-refractivity contribution < 1.29 is 4.79 Å². The molecule has 2 fully saturated rings. The molecule has 4 aromatic carbocycles. The number of fused-ring (bicyclic) bond motifs is 1. The maximum atomic E-state index is 13.3. The molecule has 5 heteroatoms. The van der Waals surface area contributed by atoms with Crippen LogP contribution in [0.25, 0.3) is 10.8 Å². The molecule has 0 radical (unpaired) electrons. The van der Waals surface area contributed by atoms with Crippen molar-refractivity contribution in [3.05, 3.63) is 120 Å². The van der Waals surface area contributed by atoms with E-state index in [2.05, 4.69) is 118 Å². The lowest BCUT2D eigenvalue weighted by Crippen LogP contribution is -2.49. The largest absolute Gasteiger partial charge is 0.354 e. The molecule has 2 aliphatic heterocycles. The number of hydrogen-bond acceptors (Lipinski definition) is 3. The van der Waals surface area contributed by atoms with E-state index in [9.17, 15) is 4.79 Å². The minimum absolute atomic E-state index is 0. The van der Waals surface area contributed by atoms with E-state index in [0.29, 0.717) is 6.54 Å². The Morgan fingerprint density at radius 3 is 2.07 bits per heavy atom. The number of halogens is 1. The smallest absolute Gasteiger partial charge is 0.234 e. The number of rotatable bonds is 10. The zero-order valence-corrected chi connectivity index (χ0v) is 26.1. The van der Waals surface area contributed by atoms with Crippen LogP contribution in [0.2, 0.25) is 0 Å². The van der Waals surface area contributed by atoms with Gasteiger partial charge in [0.25, 0.3) is 0 Å². The van der Waals surface area contributed by atoms with Gasteiger partial charge in [0.1, 0.15) is 0 Å². The molecule has 0 spiro atoms. The van der Waals surface area contributed by atoms with Crippen LogP contribution in [0.5, 0.6) is 0 Å². The maximum absolute atomic E-state index is 13.3. The second kappa shape index (κ2) is 15.0. The van der Waals surface area contributed by atoms with Crippen LogP contribution < -0.4 is 5.32 Å². The minimum Gasteiger partial charge on any atom is -0.354 e. The Kier molecular flexibility index (Phi) is 10.9. The lowest BCUT2D eigenvalue weighted by Gasteiger charge is -2.42. The predicted molar refractivity (Wildman–Crippen MR) is 181 cm³/mol. The van der Waals surface area contributed by atoms with E-state index in [0.717, 1.165) is 70.9 Å². The fourth-order valence-corrected chi connectivity index (χ4v) is 7.13. The number of hydrogen-bond donors (Lipinski definition) is 1. The summed E-state index contributed by atoms with van der Waals surface area (Å²) in [6, 6.07) is 37.0. The molecule has 0 bridgehead atoms. The topological polar surface area (TPSA) is 35.6 Å². The number of piperidine rings is 2. The number of carbonyl (C=O) groups is 1. The Hall–Kier alpha value is -3.18. The standard InChI is InChI=1S/C38H45N3O.ClH/c42-37(29-40-22-18-32(19-23-40)26-31-10-3-1-4-11-31)39-30-38(27-35-16-9-15-34-14-7-8-17-36(34)35)20-24-41(25-21-38)28-33-12-5-2-6-13-33;/h1-17,32H,18-30H2,(H,39,42);1H. The van der Waals surface area contributed by atoms with E-state index in [1.165, 1.54) is 40.3 Å². The molecule has 0 atom stereocenters. The highest BCUT2D eigenvalue weighted by molar-refractivity contribution is 5.86. The number of amides is 1. The van der Waals surface area contributed by atoms with Gasteiger partial charge in [-0.05, 0) is 103 Å². The van der Waals surface area contributed by atoms with Gasteiger partial charge >= 0.3 is 0 Å². The molecule has 6 rings (SSSR count). The lowest BCUT2D eigenvalue weighted by molar-refractivity contribution is -0.123. The normalized spacial score (nSPS) is 17.8. The van der Waals surface area contributed by atoms with Gasteiger partial charge in [-0.1, -0.05) is 103 Å². The van der Waals surface area contributed by atoms with E-state index < -0.39 is 0 Å². The van der Waals surface area contributed by atoms with Crippen LogP contribution in [0.4, 0.5) is 0 Å². The monoisotopic (exact) mass is 595 g/mol. The van der Waals surface area contributed by atoms with Crippen LogP contribution in [-0.2, 0) is 24.2 Å². The highest BCUT2D eigenvalue weighted by Gasteiger charge is 2.36. The van der Waals surface area contributed by atoms with Crippen molar-refractivity contribution in [3.63, 3.8) is 0 Å². The summed E-state index contributed by atoms with van der Waals surface area (Å²) in [5, 5.41) is 6.07. The first-order valence-corrected chi connectivity index (χ1v) is 15.9. The SMILES string of the molecule is Cl.O=C(CN1CCC(Cc2ccccc2)CC1)NCC1(Cc2cccc3ccccc23)CCN(Cc2ccccc2)CC1. The summed E-state index contributed by atoms with van der Waals surface area (Å²) in [5.74, 6) is 0.900. The molecular formula is C38H46ClN3O. The maximum Gasteiger partial charge on any atom is 0.234 e. The summed E-state index contributed by atoms with van der Waals surface area (Å²) in [6.07, 6.45) is 6.68. The number of nitrogens with one attached hydrogen (secondary N) is 1. The minimum atomic E-state index is 0. The molecule has 0 aromatic heterocycles. The van der Waals surface area contributed by atoms with Crippen molar-refractivity contribution in [3.8, 4) is 0 Å². The van der Waals surface area contributed by atoms with Gasteiger partial charge in [0.15, 0.2) is 0 Å². The molecule has 2 aliphatic rings. The van der Waals surface area contributed by atoms with Gasteiger partial charge < -0.3 is 5.32 Å². The molecule has 4 aromatic rings. The van der Waals surface area contributed by atoms with E-state index in [1.807, 2.05) is 0 Å². The molecule has 4 nitrogen and oxygen atoms in total. The van der Waals surface area contributed by atoms with Gasteiger partial charge in [-0.25, -0.2) is 0 Å². The van der Waals surface area contributed by atoms with Crippen molar-refractivity contribution >= 4 is 29.1 Å². The second-order valence-corrected chi connectivity index (χ2v) is 12.8. The number of likely N-dealkylation sites (tertiary alicyclic amines) is 2. The fraction of sp³-hybridized carbons (Fsp3) is 0.395. The first-order valence-electron chi connectivity index (χ1n) is 15.9. The third kappa shape index (κ3) is 8.47. The van der Waals surface area contributed by atoms with Gasteiger partial charge in [-0.2, -0.15) is 0 Å². The fourth-order valence-electron chi connectivity index (χ4n) is 7.13. The number of carbonyl (C=O) groups excluding carboxylic acids is 1. The summed E-state index contributed by atoms with van der Waals surface area (Å²) in [5.41, 5.74) is 4.27. The van der Waals surface area contributed by atoms with Crippen LogP contribution in [0.3, 0.4) is 0 Å². The molecule has 0 unspecified atom stereocenters. The molecule has 1 N–H and O–H groups in total. The Labute approximate surface area is 263 Å². The van der Waals surface area contributed by atoms with Gasteiger partial charge in [0.05, 0.1) is 6.54 Å². The summed E-state index contributed by atoms with van der Waals surface area (Å²) in [6.45, 7) is 6.41. The van der Waals surface area contributed by atoms with Crippen LogP contribution in [0.15, 0.2) is 103 Å². The van der Waals surface area contributed by atoms with Crippen LogP contribution >= 0.6 is 12.4 Å². The van der Waals surface area contributed by atoms with Gasteiger partial charge in [0.2, 0.25) is 5.91 Å². The van der Waals surface area contributed by atoms with Crippen molar-refractivity contribution in [1.82, 2.24) is 15.1 Å². The molecular weight excluding hydrogens is 550 g/mol. The summed E-state index contributed by atoms with van der Waals surface area (Å²) in [7, 11) is 0. The number of nitrogens with zero attached hydrogens (tertiary/aromatic N) is 2. The molecule has 2 heterocycles. The lowest BCUT2D eigenvalue weighted by atomic mass is 9.73. The van der Waals surface area contributed by atoms with E-state index in [-0.39, 0.29) is 23.7 Å². The third-order valence-electron chi connectivity index (χ3n) is 9.71. The van der Waals surface area contributed by atoms with E-state index in [4.69, 9.17) is 0 Å². The van der Waals surface area contributed by atoms with E-state index >= 15 is 0 Å². The molecule has 0 saturated carbocycles. The summed E-state index contributed by atoms with van der Waals surface area (Å²) >= 11 is 0. The van der Waals surface area contributed by atoms with Crippen molar-refractivity contribution in [2.45, 2.75) is 45.1 Å². The Bertz CT molecular complexity index is 1420. The highest BCUT2D eigenvalue weighted by atomic mass is 35.5. The molecule has 0 aliphatic carbocycles. The number of benzene rings is 4. The Morgan fingerprint density at radius 1 is 0.721 bits per heavy atom. The molecule has 2 saturated heterocycles. The van der Waals surface area contributed by atoms with E-state index in [1.54, 1.807) is 0 Å². The first kappa shape index (κ1) is 31.3. The van der Waals surface area contributed by atoms with Crippen molar-refractivity contribution in [2.75, 3.05) is 39.3 Å². The quantitative estimate of drug-likeness (QED) is 0.211. The van der Waals surface area contributed by atoms with Crippen LogP contribution in [0, 0.1) is 11.3 Å². The Balaban J connectivity index is 0.00000368. The summed E-state index contributed by atoms with van der Waals surface area (Å²) < 4.78 is 0. The third-order valence-corrected chi connectivity index (χ3v) is 9.71. The van der Waals surface area contributed by atoms with Gasteiger partial charge in [-0.3, -0.25) is 14.6 Å². The molecule has 226 valence electrons. The van der Waals surface area contributed by atoms with Gasteiger partial charge in [-0.15, -0.1) is 12.4 Å². The second-order valence-electron chi connectivity index (χ2n) is 12.8. The highest BCUT2D eigenvalue weighted by Crippen LogP contribution is 2.37. The average Bonchev–Trinajstić information content (AvgIpc) is 3.03. The zero-order valence-electron chi connectivity index (χ0n) is 25.3. The van der Waals surface area contributed by atoms with Crippen molar-refractivity contribution in [1.29, 1.82) is 0 Å². The van der Waals surface area contributed by atoms with Gasteiger partial charge in [0, 0.05) is 13.1 Å². The van der Waals surface area contributed by atoms with Crippen LogP contribution in [0.1, 0.15) is 42.4 Å². The Morgan fingerprint density at radius 2 is 1.35 bits per heavy atom. The summed E-state index contributed by atoms with van der Waals surface area (Å²) in [4.78, 5) is 18.2. The molecule has 43 heavy (non-hydrogen) atoms. The molecule has 1 amide bonds. The van der Waals surface area contributed by atoms with Crippen molar-refractivity contribution in [2.24, 2.45) is 11.3 Å². The first-order chi connectivity index (χ1) is 20.6. The average molecular weight is 596 g/mol. The predicted octanol–water partition coefficient (Wildman–Crippen LogP) is 7.16.